The van der Waals surface area contributed by atoms with Gasteiger partial charge in [0.25, 0.3) is 0 Å². The van der Waals surface area contributed by atoms with Gasteiger partial charge < -0.3 is 9.47 Å². The van der Waals surface area contributed by atoms with Crippen molar-refractivity contribution in [1.29, 1.82) is 0 Å². The molecule has 0 aliphatic carbocycles. The van der Waals surface area contributed by atoms with Crippen LogP contribution in [-0.2, 0) is 6.42 Å². The first-order chi connectivity index (χ1) is 8.83. The predicted octanol–water partition coefficient (Wildman–Crippen LogP) is 3.25. The van der Waals surface area contributed by atoms with Gasteiger partial charge in [-0.3, -0.25) is 4.99 Å². The van der Waals surface area contributed by atoms with E-state index < -0.39 is 0 Å². The van der Waals surface area contributed by atoms with Gasteiger partial charge in [0.15, 0.2) is 11.5 Å². The van der Waals surface area contributed by atoms with Crippen LogP contribution in [0.3, 0.4) is 0 Å². The largest absolute Gasteiger partial charge is 0.493 e. The van der Waals surface area contributed by atoms with Crippen LogP contribution in [0.4, 0.5) is 0 Å². The van der Waals surface area contributed by atoms with Crippen LogP contribution in [0, 0.1) is 0 Å². The van der Waals surface area contributed by atoms with Crippen LogP contribution in [0.25, 0.3) is 10.8 Å². The highest BCUT2D eigenvalue weighted by molar-refractivity contribution is 6.03. The molecule has 0 saturated heterocycles. The van der Waals surface area contributed by atoms with Crippen molar-refractivity contribution in [3.63, 3.8) is 0 Å². The minimum Gasteiger partial charge on any atom is -0.493 e. The average molecular weight is 278 g/mol. The third kappa shape index (κ3) is 2.26. The maximum Gasteiger partial charge on any atom is 0.161 e. The van der Waals surface area contributed by atoms with Crippen LogP contribution in [0.1, 0.15) is 11.1 Å². The normalized spacial score (nSPS) is 12.7. The lowest BCUT2D eigenvalue weighted by atomic mass is 9.96. The zero-order valence-corrected chi connectivity index (χ0v) is 11.8. The Labute approximate surface area is 118 Å². The van der Waals surface area contributed by atoms with Gasteiger partial charge in [0.2, 0.25) is 0 Å². The molecule has 0 amide bonds. The first-order valence-electron chi connectivity index (χ1n) is 6.01. The molecule has 0 aromatic heterocycles. The molecule has 0 atom stereocenters. The van der Waals surface area contributed by atoms with Crippen molar-refractivity contribution in [1.82, 2.24) is 0 Å². The maximum absolute atomic E-state index is 5.37. The third-order valence-electron chi connectivity index (χ3n) is 3.39. The van der Waals surface area contributed by atoms with Crippen LogP contribution in [0.5, 0.6) is 11.5 Å². The Morgan fingerprint density at radius 3 is 2.53 bits per heavy atom. The van der Waals surface area contributed by atoms with E-state index in [0.717, 1.165) is 29.9 Å². The molecule has 3 rings (SSSR count). The van der Waals surface area contributed by atoms with Crippen molar-refractivity contribution in [3.05, 3.63) is 35.4 Å². The summed E-state index contributed by atoms with van der Waals surface area (Å²) in [5.74, 6) is 1.52. The van der Waals surface area contributed by atoms with E-state index in [2.05, 4.69) is 17.1 Å². The zero-order valence-electron chi connectivity index (χ0n) is 11.0. The van der Waals surface area contributed by atoms with Gasteiger partial charge in [0.05, 0.1) is 14.2 Å². The molecule has 0 saturated carbocycles. The summed E-state index contributed by atoms with van der Waals surface area (Å²) in [6.45, 7) is 0.881. The fourth-order valence-electron chi connectivity index (χ4n) is 2.43. The summed E-state index contributed by atoms with van der Waals surface area (Å²) in [7, 11) is 3.32. The van der Waals surface area contributed by atoms with Crippen LogP contribution in [0.2, 0.25) is 0 Å². The molecular weight excluding hydrogens is 262 g/mol. The molecule has 0 unspecified atom stereocenters. The lowest BCUT2D eigenvalue weighted by molar-refractivity contribution is 0.356. The van der Waals surface area contributed by atoms with Crippen molar-refractivity contribution >= 4 is 29.4 Å². The van der Waals surface area contributed by atoms with Gasteiger partial charge in [-0.25, -0.2) is 0 Å². The molecule has 0 radical (unpaired) electrons. The highest BCUT2D eigenvalue weighted by Crippen LogP contribution is 2.34. The van der Waals surface area contributed by atoms with Crippen LogP contribution >= 0.6 is 12.4 Å². The van der Waals surface area contributed by atoms with E-state index in [9.17, 15) is 0 Å². The van der Waals surface area contributed by atoms with E-state index in [4.69, 9.17) is 9.47 Å². The van der Waals surface area contributed by atoms with E-state index >= 15 is 0 Å². The number of hydrogen-bond donors (Lipinski definition) is 0. The number of ether oxygens (including phenoxy) is 2. The zero-order chi connectivity index (χ0) is 12.5. The number of fused-ring (bicyclic) bond motifs is 3. The second-order valence-electron chi connectivity index (χ2n) is 4.35. The Kier molecular flexibility index (Phi) is 3.96. The summed E-state index contributed by atoms with van der Waals surface area (Å²) in [5, 5.41) is 2.33. The monoisotopic (exact) mass is 277 g/mol. The van der Waals surface area contributed by atoms with Crippen molar-refractivity contribution < 1.29 is 9.47 Å². The Balaban J connectivity index is 0.00000133. The Hall–Kier alpha value is -1.74. The molecule has 1 aliphatic rings. The van der Waals surface area contributed by atoms with Gasteiger partial charge in [-0.15, -0.1) is 12.4 Å². The van der Waals surface area contributed by atoms with Crippen LogP contribution in [-0.4, -0.2) is 27.0 Å². The SMILES string of the molecule is COc1cc2ccc3c(c2cc1OC)C=NCC3.Cl. The molecule has 100 valence electrons. The van der Waals surface area contributed by atoms with Gasteiger partial charge in [-0.1, -0.05) is 12.1 Å². The number of nitrogens with zero attached hydrogens (tertiary/aromatic N) is 1. The smallest absolute Gasteiger partial charge is 0.161 e. The molecule has 0 N–H and O–H groups in total. The highest BCUT2D eigenvalue weighted by Gasteiger charge is 2.12. The topological polar surface area (TPSA) is 30.8 Å². The summed E-state index contributed by atoms with van der Waals surface area (Å²) in [5.41, 5.74) is 2.56. The first kappa shape index (κ1) is 13.7. The Morgan fingerprint density at radius 2 is 1.79 bits per heavy atom. The maximum atomic E-state index is 5.37. The number of aliphatic imine (C=N–C) groups is 1. The second-order valence-corrected chi connectivity index (χ2v) is 4.35. The number of methoxy groups -OCH3 is 2. The summed E-state index contributed by atoms with van der Waals surface area (Å²) in [4.78, 5) is 4.37. The number of rotatable bonds is 2. The molecule has 2 aromatic carbocycles. The van der Waals surface area contributed by atoms with Crippen molar-refractivity contribution in [2.24, 2.45) is 4.99 Å². The molecule has 1 heterocycles. The molecule has 19 heavy (non-hydrogen) atoms. The molecule has 1 aliphatic heterocycles. The van der Waals surface area contributed by atoms with E-state index in [1.54, 1.807) is 14.2 Å². The van der Waals surface area contributed by atoms with Crippen molar-refractivity contribution in [2.45, 2.75) is 6.42 Å². The van der Waals surface area contributed by atoms with Crippen LogP contribution in [0.15, 0.2) is 29.3 Å². The average Bonchev–Trinajstić information content (AvgIpc) is 2.45. The summed E-state index contributed by atoms with van der Waals surface area (Å²) < 4.78 is 10.7. The summed E-state index contributed by atoms with van der Waals surface area (Å²) in [6, 6.07) is 8.35. The second kappa shape index (κ2) is 5.49. The van der Waals surface area contributed by atoms with Gasteiger partial charge in [0.1, 0.15) is 0 Å². The number of benzene rings is 2. The molecule has 4 heteroatoms. The van der Waals surface area contributed by atoms with Gasteiger partial charge >= 0.3 is 0 Å². The minimum atomic E-state index is 0. The lowest BCUT2D eigenvalue weighted by Gasteiger charge is -2.15. The molecular formula is C15H16ClNO2. The van der Waals surface area contributed by atoms with E-state index in [-0.39, 0.29) is 12.4 Å². The van der Waals surface area contributed by atoms with E-state index in [0.29, 0.717) is 0 Å². The van der Waals surface area contributed by atoms with Crippen molar-refractivity contribution in [2.75, 3.05) is 20.8 Å². The fourth-order valence-corrected chi connectivity index (χ4v) is 2.43. The summed E-state index contributed by atoms with van der Waals surface area (Å²) >= 11 is 0. The molecule has 0 fully saturated rings. The molecule has 2 aromatic rings. The fraction of sp³-hybridized carbons (Fsp3) is 0.267. The van der Waals surface area contributed by atoms with Gasteiger partial charge in [-0.2, -0.15) is 0 Å². The van der Waals surface area contributed by atoms with E-state index in [1.165, 1.54) is 16.5 Å². The standard InChI is InChI=1S/C15H15NO2.ClH/c1-17-14-7-11-4-3-10-5-6-16-9-13(10)12(11)8-15(14)18-2;/h3-4,7-9H,5-6H2,1-2H3;1H. The predicted molar refractivity (Wildman–Crippen MR) is 80.5 cm³/mol. The minimum absolute atomic E-state index is 0. The van der Waals surface area contributed by atoms with Crippen LogP contribution < -0.4 is 9.47 Å². The molecule has 3 nitrogen and oxygen atoms in total. The number of hydrogen-bond acceptors (Lipinski definition) is 3. The highest BCUT2D eigenvalue weighted by atomic mass is 35.5. The lowest BCUT2D eigenvalue weighted by Crippen LogP contribution is -2.03. The molecule has 0 bridgehead atoms. The van der Waals surface area contributed by atoms with E-state index in [1.807, 2.05) is 18.3 Å². The third-order valence-corrected chi connectivity index (χ3v) is 3.39. The van der Waals surface area contributed by atoms with Gasteiger partial charge in [0, 0.05) is 18.3 Å². The number of halogens is 1. The quantitative estimate of drug-likeness (QED) is 0.844. The Morgan fingerprint density at radius 1 is 1.05 bits per heavy atom. The van der Waals surface area contributed by atoms with Gasteiger partial charge in [-0.05, 0) is 34.9 Å². The summed E-state index contributed by atoms with van der Waals surface area (Å²) in [6.07, 6.45) is 2.98. The van der Waals surface area contributed by atoms with Crippen molar-refractivity contribution in [3.8, 4) is 11.5 Å². The molecule has 0 spiro atoms. The Bertz CT molecular complexity index is 638. The first-order valence-corrected chi connectivity index (χ1v) is 6.01.